The standard InChI is InChI=1S/C17H23BrN2O6S/c18-15-3-1-14(2-4-15)17(22)7-9-19(10-8-17)27(24,25)20(23)16(21)13-5-11-26-12-6-13/h1-4,13,22-23H,5-12H2. The first kappa shape index (κ1) is 20.7. The number of hydrogen-bond acceptors (Lipinski definition) is 6. The number of ether oxygens (including phenoxy) is 1. The third-order valence-electron chi connectivity index (χ3n) is 5.24. The number of hydrogen-bond donors (Lipinski definition) is 2. The summed E-state index contributed by atoms with van der Waals surface area (Å²) in [5, 5.41) is 20.9. The average molecular weight is 463 g/mol. The summed E-state index contributed by atoms with van der Waals surface area (Å²) < 4.78 is 32.2. The predicted octanol–water partition coefficient (Wildman–Crippen LogP) is 1.62. The molecule has 1 aromatic carbocycles. The highest BCUT2D eigenvalue weighted by Crippen LogP contribution is 2.34. The number of carbonyl (C=O) groups excluding carboxylic acids is 1. The molecule has 0 aromatic heterocycles. The Labute approximate surface area is 167 Å². The Hall–Kier alpha value is -1.04. The van der Waals surface area contributed by atoms with Gasteiger partial charge in [-0.3, -0.25) is 10.0 Å². The van der Waals surface area contributed by atoms with Gasteiger partial charge in [-0.1, -0.05) is 32.5 Å². The molecule has 0 saturated carbocycles. The lowest BCUT2D eigenvalue weighted by molar-refractivity contribution is -0.154. The minimum Gasteiger partial charge on any atom is -0.385 e. The van der Waals surface area contributed by atoms with Gasteiger partial charge in [0.05, 0.1) is 5.60 Å². The second-order valence-electron chi connectivity index (χ2n) is 6.91. The number of rotatable bonds is 4. The maximum absolute atomic E-state index is 12.6. The van der Waals surface area contributed by atoms with E-state index in [1.165, 1.54) is 0 Å². The summed E-state index contributed by atoms with van der Waals surface area (Å²) in [7, 11) is -4.34. The van der Waals surface area contributed by atoms with Gasteiger partial charge in [0.25, 0.3) is 5.91 Å². The number of amides is 1. The zero-order valence-corrected chi connectivity index (χ0v) is 17.2. The molecule has 0 aliphatic carbocycles. The molecule has 0 atom stereocenters. The molecule has 2 aliphatic heterocycles. The van der Waals surface area contributed by atoms with Crippen LogP contribution in [0.5, 0.6) is 0 Å². The van der Waals surface area contributed by atoms with E-state index < -0.39 is 27.6 Å². The van der Waals surface area contributed by atoms with Crippen molar-refractivity contribution in [3.05, 3.63) is 34.3 Å². The maximum atomic E-state index is 12.6. The highest BCUT2D eigenvalue weighted by Gasteiger charge is 2.42. The third kappa shape index (κ3) is 4.36. The smallest absolute Gasteiger partial charge is 0.329 e. The maximum Gasteiger partial charge on any atom is 0.329 e. The van der Waals surface area contributed by atoms with Crippen LogP contribution in [0.1, 0.15) is 31.2 Å². The Bertz CT molecular complexity index is 771. The van der Waals surface area contributed by atoms with Gasteiger partial charge in [-0.25, -0.2) is 0 Å². The summed E-state index contributed by atoms with van der Waals surface area (Å²) in [4.78, 5) is 12.3. The normalized spacial score (nSPS) is 21.7. The van der Waals surface area contributed by atoms with E-state index in [0.29, 0.717) is 31.6 Å². The summed E-state index contributed by atoms with van der Waals surface area (Å²) in [6.07, 6.45) is 1.11. The molecule has 2 heterocycles. The summed E-state index contributed by atoms with van der Waals surface area (Å²) >= 11 is 3.34. The van der Waals surface area contributed by atoms with E-state index in [4.69, 9.17) is 4.74 Å². The SMILES string of the molecule is O=C(C1CCOCC1)N(O)S(=O)(=O)N1CCC(O)(c2ccc(Br)cc2)CC1. The molecule has 2 saturated heterocycles. The van der Waals surface area contributed by atoms with Crippen molar-refractivity contribution in [2.45, 2.75) is 31.3 Å². The van der Waals surface area contributed by atoms with Gasteiger partial charge in [0, 0.05) is 36.7 Å². The minimum atomic E-state index is -4.34. The molecule has 2 aliphatic rings. The molecule has 1 aromatic rings. The number of hydroxylamine groups is 1. The molecule has 0 bridgehead atoms. The van der Waals surface area contributed by atoms with E-state index in [9.17, 15) is 23.5 Å². The van der Waals surface area contributed by atoms with Crippen LogP contribution in [-0.2, 0) is 25.3 Å². The Morgan fingerprint density at radius 3 is 2.30 bits per heavy atom. The number of benzene rings is 1. The molecular weight excluding hydrogens is 440 g/mol. The highest BCUT2D eigenvalue weighted by molar-refractivity contribution is 9.10. The molecule has 2 N–H and O–H groups in total. The molecule has 3 rings (SSSR count). The van der Waals surface area contributed by atoms with Crippen molar-refractivity contribution in [2.24, 2.45) is 5.92 Å². The quantitative estimate of drug-likeness (QED) is 0.519. The lowest BCUT2D eigenvalue weighted by atomic mass is 9.85. The Balaban J connectivity index is 1.66. The first-order valence-electron chi connectivity index (χ1n) is 8.83. The number of halogens is 1. The largest absolute Gasteiger partial charge is 0.385 e. The molecule has 2 fully saturated rings. The van der Waals surface area contributed by atoms with E-state index in [2.05, 4.69) is 15.9 Å². The predicted molar refractivity (Wildman–Crippen MR) is 99.9 cm³/mol. The monoisotopic (exact) mass is 462 g/mol. The van der Waals surface area contributed by atoms with Crippen LogP contribution >= 0.6 is 15.9 Å². The fourth-order valence-electron chi connectivity index (χ4n) is 3.46. The van der Waals surface area contributed by atoms with Gasteiger partial charge in [-0.05, 0) is 43.4 Å². The van der Waals surface area contributed by atoms with Crippen LogP contribution in [0.2, 0.25) is 0 Å². The number of carbonyl (C=O) groups is 1. The minimum absolute atomic E-state index is 0.00696. The van der Waals surface area contributed by atoms with Gasteiger partial charge in [0.2, 0.25) is 0 Å². The van der Waals surface area contributed by atoms with Crippen LogP contribution < -0.4 is 0 Å². The summed E-state index contributed by atoms with van der Waals surface area (Å²) in [5.74, 6) is -1.39. The molecule has 150 valence electrons. The second kappa shape index (κ2) is 8.14. The zero-order valence-electron chi connectivity index (χ0n) is 14.8. The summed E-state index contributed by atoms with van der Waals surface area (Å²) in [6, 6.07) is 7.22. The van der Waals surface area contributed by atoms with Gasteiger partial charge < -0.3 is 9.84 Å². The van der Waals surface area contributed by atoms with E-state index in [-0.39, 0.29) is 30.4 Å². The van der Waals surface area contributed by atoms with Crippen LogP contribution in [-0.4, -0.2) is 59.7 Å². The van der Waals surface area contributed by atoms with Gasteiger partial charge in [0.15, 0.2) is 0 Å². The van der Waals surface area contributed by atoms with Crippen molar-refractivity contribution >= 4 is 32.0 Å². The fourth-order valence-corrected chi connectivity index (χ4v) is 4.96. The summed E-state index contributed by atoms with van der Waals surface area (Å²) in [5.41, 5.74) is -0.431. The van der Waals surface area contributed by atoms with Crippen molar-refractivity contribution < 1.29 is 28.3 Å². The first-order valence-corrected chi connectivity index (χ1v) is 11.0. The van der Waals surface area contributed by atoms with Crippen LogP contribution in [0.15, 0.2) is 28.7 Å². The molecule has 27 heavy (non-hydrogen) atoms. The number of piperidine rings is 1. The highest BCUT2D eigenvalue weighted by atomic mass is 79.9. The first-order chi connectivity index (χ1) is 12.7. The molecule has 1 amide bonds. The number of nitrogens with zero attached hydrogens (tertiary/aromatic N) is 2. The lowest BCUT2D eigenvalue weighted by Gasteiger charge is -2.38. The molecule has 0 unspecified atom stereocenters. The van der Waals surface area contributed by atoms with Crippen molar-refractivity contribution in [3.63, 3.8) is 0 Å². The van der Waals surface area contributed by atoms with Crippen molar-refractivity contribution in [2.75, 3.05) is 26.3 Å². The Morgan fingerprint density at radius 1 is 1.19 bits per heavy atom. The topological polar surface area (TPSA) is 107 Å². The Morgan fingerprint density at radius 2 is 1.74 bits per heavy atom. The van der Waals surface area contributed by atoms with E-state index in [0.717, 1.165) is 8.78 Å². The van der Waals surface area contributed by atoms with Gasteiger partial charge in [-0.15, -0.1) is 0 Å². The van der Waals surface area contributed by atoms with Crippen LogP contribution in [0.4, 0.5) is 0 Å². The summed E-state index contributed by atoms with van der Waals surface area (Å²) in [6.45, 7) is 0.752. The van der Waals surface area contributed by atoms with Crippen molar-refractivity contribution in [3.8, 4) is 0 Å². The molecular formula is C17H23BrN2O6S. The number of aliphatic hydroxyl groups is 1. The molecule has 0 radical (unpaired) electrons. The zero-order chi connectivity index (χ0) is 19.7. The second-order valence-corrected chi connectivity index (χ2v) is 9.59. The van der Waals surface area contributed by atoms with Gasteiger partial charge in [-0.2, -0.15) is 12.7 Å². The van der Waals surface area contributed by atoms with Gasteiger partial charge in [0.1, 0.15) is 0 Å². The lowest BCUT2D eigenvalue weighted by Crippen LogP contribution is -2.52. The molecule has 0 spiro atoms. The third-order valence-corrected chi connectivity index (χ3v) is 7.40. The van der Waals surface area contributed by atoms with Gasteiger partial charge >= 0.3 is 10.2 Å². The van der Waals surface area contributed by atoms with E-state index in [1.54, 1.807) is 12.1 Å². The van der Waals surface area contributed by atoms with E-state index >= 15 is 0 Å². The van der Waals surface area contributed by atoms with Crippen molar-refractivity contribution in [1.82, 2.24) is 8.77 Å². The average Bonchev–Trinajstić information content (AvgIpc) is 2.68. The van der Waals surface area contributed by atoms with Crippen LogP contribution in [0.25, 0.3) is 0 Å². The molecule has 8 nitrogen and oxygen atoms in total. The van der Waals surface area contributed by atoms with E-state index in [1.807, 2.05) is 12.1 Å². The van der Waals surface area contributed by atoms with Crippen LogP contribution in [0, 0.1) is 5.92 Å². The fraction of sp³-hybridized carbons (Fsp3) is 0.588. The van der Waals surface area contributed by atoms with Crippen LogP contribution in [0.3, 0.4) is 0 Å². The van der Waals surface area contributed by atoms with Crippen molar-refractivity contribution in [1.29, 1.82) is 0 Å². The Kier molecular flexibility index (Phi) is 6.24. The molecule has 10 heteroatoms.